The molecule has 0 bridgehead atoms. The molecule has 0 unspecified atom stereocenters. The Morgan fingerprint density at radius 3 is 2.75 bits per heavy atom. The number of nitriles is 1. The maximum Gasteiger partial charge on any atom is 0.410 e. The van der Waals surface area contributed by atoms with Gasteiger partial charge < -0.3 is 4.74 Å². The number of carbonyl (C=O) groups is 1. The molecular weight excluding hydrogens is 385 g/mol. The summed E-state index contributed by atoms with van der Waals surface area (Å²) < 4.78 is 21.2. The zero-order valence-electron chi connectivity index (χ0n) is 16.1. The Hall–Kier alpha value is -2.66. The Morgan fingerprint density at radius 1 is 1.43 bits per heavy atom. The maximum atomic E-state index is 14.3. The number of alkyl halides is 1. The van der Waals surface area contributed by atoms with Crippen molar-refractivity contribution in [3.05, 3.63) is 40.3 Å². The van der Waals surface area contributed by atoms with Crippen LogP contribution in [0.5, 0.6) is 0 Å². The van der Waals surface area contributed by atoms with Crippen LogP contribution in [0.3, 0.4) is 0 Å². The van der Waals surface area contributed by atoms with Gasteiger partial charge in [0.1, 0.15) is 23.0 Å². The van der Waals surface area contributed by atoms with Crippen LogP contribution in [0, 0.1) is 18.3 Å². The van der Waals surface area contributed by atoms with E-state index in [4.69, 9.17) is 21.6 Å². The van der Waals surface area contributed by atoms with Gasteiger partial charge in [0.25, 0.3) is 0 Å². The number of amides is 1. The smallest absolute Gasteiger partial charge is 0.410 e. The molecule has 1 aliphatic rings. The first kappa shape index (κ1) is 20.1. The van der Waals surface area contributed by atoms with Crippen molar-refractivity contribution in [2.24, 2.45) is 0 Å². The van der Waals surface area contributed by atoms with Gasteiger partial charge in [0.15, 0.2) is 11.5 Å². The zero-order chi connectivity index (χ0) is 20.6. The molecule has 2 aromatic rings. The highest BCUT2D eigenvalue weighted by molar-refractivity contribution is 6.29. The highest BCUT2D eigenvalue weighted by atomic mass is 35.5. The minimum Gasteiger partial charge on any atom is -0.444 e. The molecule has 3 rings (SSSR count). The average Bonchev–Trinajstić information content (AvgIpc) is 3.16. The van der Waals surface area contributed by atoms with Crippen LogP contribution in [0.1, 0.15) is 50.2 Å². The SMILES string of the molecule is Cc1cc(C#N)nn1-c1nc(Cl)ccc1[C@@H]1C[C@@H](F)CN1C(=O)OC(C)(C)C. The molecule has 0 spiro atoms. The highest BCUT2D eigenvalue weighted by Gasteiger charge is 2.40. The summed E-state index contributed by atoms with van der Waals surface area (Å²) in [6.07, 6.45) is -1.66. The zero-order valence-corrected chi connectivity index (χ0v) is 16.9. The van der Waals surface area contributed by atoms with Crippen LogP contribution in [0.15, 0.2) is 18.2 Å². The van der Waals surface area contributed by atoms with Gasteiger partial charge in [-0.15, -0.1) is 0 Å². The third-order valence-electron chi connectivity index (χ3n) is 4.31. The second-order valence-corrected chi connectivity index (χ2v) is 8.11. The lowest BCUT2D eigenvalue weighted by atomic mass is 10.0. The number of pyridine rings is 1. The average molecular weight is 406 g/mol. The van der Waals surface area contributed by atoms with E-state index in [9.17, 15) is 9.18 Å². The van der Waals surface area contributed by atoms with E-state index in [1.807, 2.05) is 6.07 Å². The fourth-order valence-electron chi connectivity index (χ4n) is 3.21. The maximum absolute atomic E-state index is 14.3. The summed E-state index contributed by atoms with van der Waals surface area (Å²) in [5.74, 6) is 0.360. The summed E-state index contributed by atoms with van der Waals surface area (Å²) in [5, 5.41) is 13.6. The summed E-state index contributed by atoms with van der Waals surface area (Å²) in [7, 11) is 0. The molecule has 3 heterocycles. The molecule has 1 saturated heterocycles. The molecule has 28 heavy (non-hydrogen) atoms. The Morgan fingerprint density at radius 2 is 2.14 bits per heavy atom. The fourth-order valence-corrected chi connectivity index (χ4v) is 3.35. The monoisotopic (exact) mass is 405 g/mol. The lowest BCUT2D eigenvalue weighted by molar-refractivity contribution is 0.0216. The molecule has 148 valence electrons. The topological polar surface area (TPSA) is 84.0 Å². The number of nitrogens with zero attached hydrogens (tertiary/aromatic N) is 5. The van der Waals surface area contributed by atoms with Gasteiger partial charge in [0.05, 0.1) is 12.6 Å². The molecule has 7 nitrogen and oxygen atoms in total. The number of carbonyl (C=O) groups excluding carboxylic acids is 1. The summed E-state index contributed by atoms with van der Waals surface area (Å²) in [6, 6.07) is 6.31. The van der Waals surface area contributed by atoms with E-state index >= 15 is 0 Å². The first-order chi connectivity index (χ1) is 13.1. The van der Waals surface area contributed by atoms with Crippen molar-refractivity contribution in [2.45, 2.75) is 51.9 Å². The van der Waals surface area contributed by atoms with Crippen molar-refractivity contribution in [2.75, 3.05) is 6.54 Å². The number of hydrogen-bond donors (Lipinski definition) is 0. The standard InChI is InChI=1S/C19H21ClFN5O2/c1-11-7-13(9-22)24-26(11)17-14(5-6-16(20)23-17)15-8-12(21)10-25(15)18(27)28-19(2,3)4/h5-7,12,15H,8,10H2,1-4H3/t12-,15+/m1/s1. The van der Waals surface area contributed by atoms with Crippen LogP contribution >= 0.6 is 11.6 Å². The number of aryl methyl sites for hydroxylation is 1. The minimum absolute atomic E-state index is 0.0663. The third-order valence-corrected chi connectivity index (χ3v) is 4.52. The number of likely N-dealkylation sites (tertiary alicyclic amines) is 1. The second kappa shape index (κ2) is 7.40. The van der Waals surface area contributed by atoms with Crippen LogP contribution in [0.4, 0.5) is 9.18 Å². The van der Waals surface area contributed by atoms with Crippen LogP contribution in [0.2, 0.25) is 5.15 Å². The van der Waals surface area contributed by atoms with Gasteiger partial charge in [-0.25, -0.2) is 18.9 Å². The van der Waals surface area contributed by atoms with Crippen LogP contribution in [-0.2, 0) is 4.74 Å². The highest BCUT2D eigenvalue weighted by Crippen LogP contribution is 2.37. The lowest BCUT2D eigenvalue weighted by Gasteiger charge is -2.29. The van der Waals surface area contributed by atoms with Crippen molar-refractivity contribution < 1.29 is 13.9 Å². The summed E-state index contributed by atoms with van der Waals surface area (Å²) in [5.41, 5.74) is 0.790. The molecule has 2 aromatic heterocycles. The van der Waals surface area contributed by atoms with Gasteiger partial charge in [-0.05, 0) is 39.8 Å². The Balaban J connectivity index is 2.06. The molecule has 1 amide bonds. The summed E-state index contributed by atoms with van der Waals surface area (Å²) in [4.78, 5) is 18.4. The van der Waals surface area contributed by atoms with Gasteiger partial charge in [-0.2, -0.15) is 10.4 Å². The predicted molar refractivity (Wildman–Crippen MR) is 101 cm³/mol. The van der Waals surface area contributed by atoms with Crippen molar-refractivity contribution in [1.82, 2.24) is 19.7 Å². The van der Waals surface area contributed by atoms with E-state index in [0.29, 0.717) is 17.1 Å². The van der Waals surface area contributed by atoms with Gasteiger partial charge in [-0.3, -0.25) is 4.90 Å². The third kappa shape index (κ3) is 4.09. The quantitative estimate of drug-likeness (QED) is 0.701. The Labute approximate surface area is 167 Å². The van der Waals surface area contributed by atoms with Crippen molar-refractivity contribution >= 4 is 17.7 Å². The normalized spacial score (nSPS) is 19.5. The minimum atomic E-state index is -1.19. The number of hydrogen-bond acceptors (Lipinski definition) is 5. The van der Waals surface area contributed by atoms with E-state index in [0.717, 1.165) is 0 Å². The Bertz CT molecular complexity index is 947. The largest absolute Gasteiger partial charge is 0.444 e. The molecule has 1 aliphatic heterocycles. The molecule has 0 aliphatic carbocycles. The van der Waals surface area contributed by atoms with Crippen LogP contribution in [-0.4, -0.2) is 44.1 Å². The summed E-state index contributed by atoms with van der Waals surface area (Å²) in [6.45, 7) is 6.99. The van der Waals surface area contributed by atoms with Crippen molar-refractivity contribution in [1.29, 1.82) is 5.26 Å². The van der Waals surface area contributed by atoms with Gasteiger partial charge in [0, 0.05) is 17.7 Å². The van der Waals surface area contributed by atoms with Gasteiger partial charge >= 0.3 is 6.09 Å². The number of ether oxygens (including phenoxy) is 1. The molecule has 0 N–H and O–H groups in total. The number of aromatic nitrogens is 3. The van der Waals surface area contributed by atoms with E-state index in [1.165, 1.54) is 9.58 Å². The van der Waals surface area contributed by atoms with E-state index in [-0.39, 0.29) is 23.8 Å². The first-order valence-corrected chi connectivity index (χ1v) is 9.24. The van der Waals surface area contributed by atoms with Crippen LogP contribution in [0.25, 0.3) is 5.82 Å². The van der Waals surface area contributed by atoms with E-state index < -0.39 is 23.9 Å². The van der Waals surface area contributed by atoms with Crippen molar-refractivity contribution in [3.8, 4) is 11.9 Å². The molecule has 0 aromatic carbocycles. The number of halogens is 2. The van der Waals surface area contributed by atoms with E-state index in [2.05, 4.69) is 10.1 Å². The lowest BCUT2D eigenvalue weighted by Crippen LogP contribution is -2.37. The second-order valence-electron chi connectivity index (χ2n) is 7.72. The van der Waals surface area contributed by atoms with Crippen molar-refractivity contribution in [3.63, 3.8) is 0 Å². The number of rotatable bonds is 2. The fraction of sp³-hybridized carbons (Fsp3) is 0.474. The molecule has 0 radical (unpaired) electrons. The van der Waals surface area contributed by atoms with E-state index in [1.54, 1.807) is 45.9 Å². The molecule has 0 saturated carbocycles. The molecule has 2 atom stereocenters. The Kier molecular flexibility index (Phi) is 5.31. The molecular formula is C19H21ClFN5O2. The van der Waals surface area contributed by atoms with Crippen LogP contribution < -0.4 is 0 Å². The summed E-state index contributed by atoms with van der Waals surface area (Å²) >= 11 is 6.08. The predicted octanol–water partition coefficient (Wildman–Crippen LogP) is 4.12. The molecule has 1 fully saturated rings. The first-order valence-electron chi connectivity index (χ1n) is 8.86. The molecule has 9 heteroatoms. The van der Waals surface area contributed by atoms with Gasteiger partial charge in [-0.1, -0.05) is 17.7 Å². The van der Waals surface area contributed by atoms with Gasteiger partial charge in [0.2, 0.25) is 0 Å².